The van der Waals surface area contributed by atoms with Gasteiger partial charge in [-0.05, 0) is 49.9 Å². The summed E-state index contributed by atoms with van der Waals surface area (Å²) < 4.78 is 49.8. The van der Waals surface area contributed by atoms with E-state index >= 15 is 0 Å². The Morgan fingerprint density at radius 2 is 1.85 bits per heavy atom. The van der Waals surface area contributed by atoms with Gasteiger partial charge in [0.25, 0.3) is 0 Å². The molecule has 0 aliphatic carbocycles. The van der Waals surface area contributed by atoms with Crippen molar-refractivity contribution in [3.63, 3.8) is 0 Å². The van der Waals surface area contributed by atoms with E-state index in [4.69, 9.17) is 21.1 Å². The number of nitrogens with zero attached hydrogens (tertiary/aromatic N) is 2. The Labute approximate surface area is 196 Å². The monoisotopic (exact) mass is 490 g/mol. The van der Waals surface area contributed by atoms with Gasteiger partial charge in [-0.3, -0.25) is 9.59 Å². The Balaban J connectivity index is 1.74. The number of carbonyl (C=O) groups is 2. The minimum absolute atomic E-state index is 0.00412. The van der Waals surface area contributed by atoms with Crippen molar-refractivity contribution in [1.82, 2.24) is 9.80 Å². The van der Waals surface area contributed by atoms with Crippen molar-refractivity contribution < 1.29 is 32.2 Å². The van der Waals surface area contributed by atoms with Gasteiger partial charge < -0.3 is 19.3 Å². The van der Waals surface area contributed by atoms with Crippen molar-refractivity contribution in [2.24, 2.45) is 0 Å². The van der Waals surface area contributed by atoms with E-state index in [1.54, 1.807) is 23.1 Å². The van der Waals surface area contributed by atoms with E-state index in [1.807, 2.05) is 6.92 Å². The van der Waals surface area contributed by atoms with Gasteiger partial charge in [0.15, 0.2) is 0 Å². The number of aryl methyl sites for hydroxylation is 1. The molecule has 0 saturated carbocycles. The lowest BCUT2D eigenvalue weighted by Crippen LogP contribution is -2.58. The molecule has 0 bridgehead atoms. The topological polar surface area (TPSA) is 59.1 Å². The first-order chi connectivity index (χ1) is 15.6. The Kier molecular flexibility index (Phi) is 8.50. The number of likely N-dealkylation sites (tertiary alicyclic amines) is 1. The van der Waals surface area contributed by atoms with E-state index in [9.17, 15) is 22.8 Å². The van der Waals surface area contributed by atoms with Crippen molar-refractivity contribution in [2.75, 3.05) is 39.4 Å². The van der Waals surface area contributed by atoms with E-state index in [0.29, 0.717) is 23.9 Å². The summed E-state index contributed by atoms with van der Waals surface area (Å²) in [5.74, 6) is -0.172. The number of piperidine rings is 1. The summed E-state index contributed by atoms with van der Waals surface area (Å²) in [5.41, 5.74) is -0.324. The van der Waals surface area contributed by atoms with Gasteiger partial charge in [0.05, 0.1) is 26.0 Å². The molecule has 2 aliphatic rings. The van der Waals surface area contributed by atoms with Crippen molar-refractivity contribution >= 4 is 23.4 Å². The molecule has 6 nitrogen and oxygen atoms in total. The average Bonchev–Trinajstić information content (AvgIpc) is 2.78. The number of halogens is 4. The van der Waals surface area contributed by atoms with Gasteiger partial charge >= 0.3 is 6.18 Å². The summed E-state index contributed by atoms with van der Waals surface area (Å²) in [6, 6.07) is 5.16. The average molecular weight is 491 g/mol. The van der Waals surface area contributed by atoms with Crippen molar-refractivity contribution in [2.45, 2.75) is 57.2 Å². The third-order valence-electron chi connectivity index (χ3n) is 6.04. The molecule has 1 atom stereocenters. The fourth-order valence-electron chi connectivity index (χ4n) is 4.16. The molecule has 33 heavy (non-hydrogen) atoms. The van der Waals surface area contributed by atoms with Gasteiger partial charge in [0.1, 0.15) is 18.0 Å². The Bertz CT molecular complexity index is 845. The molecule has 0 aromatic heterocycles. The first-order valence-corrected chi connectivity index (χ1v) is 11.6. The van der Waals surface area contributed by atoms with E-state index in [2.05, 4.69) is 0 Å². The van der Waals surface area contributed by atoms with E-state index in [-0.39, 0.29) is 38.6 Å². The molecular weight excluding hydrogens is 461 g/mol. The number of carbonyl (C=O) groups excluding carboxylic acids is 2. The fourth-order valence-corrected chi connectivity index (χ4v) is 4.28. The minimum atomic E-state index is -4.40. The lowest BCUT2D eigenvalue weighted by Gasteiger charge is -2.43. The maximum Gasteiger partial charge on any atom is 0.389 e. The van der Waals surface area contributed by atoms with Crippen LogP contribution in [0.5, 0.6) is 5.75 Å². The van der Waals surface area contributed by atoms with Crippen molar-refractivity contribution in [3.8, 4) is 5.75 Å². The molecule has 1 aromatic rings. The molecule has 3 rings (SSSR count). The van der Waals surface area contributed by atoms with Gasteiger partial charge in [-0.15, -0.1) is 0 Å². The molecule has 2 saturated heterocycles. The summed E-state index contributed by atoms with van der Waals surface area (Å²) in [7, 11) is 0. The summed E-state index contributed by atoms with van der Waals surface area (Å²) in [4.78, 5) is 28.7. The predicted molar refractivity (Wildman–Crippen MR) is 117 cm³/mol. The Morgan fingerprint density at radius 3 is 2.52 bits per heavy atom. The second-order valence-corrected chi connectivity index (χ2v) is 9.19. The van der Waals surface area contributed by atoms with Crippen molar-refractivity contribution in [1.29, 1.82) is 0 Å². The number of benzene rings is 1. The van der Waals surface area contributed by atoms with Crippen LogP contribution in [0.2, 0.25) is 5.02 Å². The SMILES string of the molecule is Cc1cc(OCC2(CC(=O)N3CCCCC3)CN(C(=O)CCC(F)(F)F)CCO2)ccc1Cl. The van der Waals surface area contributed by atoms with E-state index in [0.717, 1.165) is 24.8 Å². The number of hydrogen-bond donors (Lipinski definition) is 0. The second-order valence-electron chi connectivity index (χ2n) is 8.78. The quantitative estimate of drug-likeness (QED) is 0.569. The van der Waals surface area contributed by atoms with Crippen LogP contribution in [0, 0.1) is 6.92 Å². The highest BCUT2D eigenvalue weighted by Gasteiger charge is 2.42. The lowest BCUT2D eigenvalue weighted by molar-refractivity contribution is -0.170. The number of amides is 2. The predicted octanol–water partition coefficient (Wildman–Crippen LogP) is 4.37. The molecule has 2 amide bonds. The van der Waals surface area contributed by atoms with Crippen LogP contribution in [0.4, 0.5) is 13.2 Å². The van der Waals surface area contributed by atoms with Gasteiger partial charge in [-0.2, -0.15) is 13.2 Å². The van der Waals surface area contributed by atoms with Crippen molar-refractivity contribution in [3.05, 3.63) is 28.8 Å². The molecule has 1 aromatic carbocycles. The zero-order chi connectivity index (χ0) is 24.1. The lowest BCUT2D eigenvalue weighted by atomic mass is 9.95. The van der Waals surface area contributed by atoms with Crippen LogP contribution >= 0.6 is 11.6 Å². The van der Waals surface area contributed by atoms with Gasteiger partial charge in [0, 0.05) is 31.1 Å². The Hall–Kier alpha value is -2.00. The second kappa shape index (κ2) is 11.0. The molecule has 0 N–H and O–H groups in total. The van der Waals surface area contributed by atoms with Crippen LogP contribution in [0.25, 0.3) is 0 Å². The molecule has 1 unspecified atom stereocenters. The van der Waals surface area contributed by atoms with Gasteiger partial charge in [-0.25, -0.2) is 0 Å². The summed E-state index contributed by atoms with van der Waals surface area (Å²) >= 11 is 6.07. The van der Waals surface area contributed by atoms with Crippen LogP contribution in [0.1, 0.15) is 44.1 Å². The van der Waals surface area contributed by atoms with Crippen LogP contribution in [0.3, 0.4) is 0 Å². The molecule has 184 valence electrons. The number of alkyl halides is 3. The molecule has 0 radical (unpaired) electrons. The third kappa shape index (κ3) is 7.50. The van der Waals surface area contributed by atoms with E-state index < -0.39 is 30.5 Å². The number of hydrogen-bond acceptors (Lipinski definition) is 4. The first-order valence-electron chi connectivity index (χ1n) is 11.2. The summed E-state index contributed by atoms with van der Waals surface area (Å²) in [6.45, 7) is 3.45. The highest BCUT2D eigenvalue weighted by molar-refractivity contribution is 6.31. The first kappa shape index (κ1) is 25.6. The number of ether oxygens (including phenoxy) is 2. The van der Waals surface area contributed by atoms with Gasteiger partial charge in [-0.1, -0.05) is 11.6 Å². The number of rotatable bonds is 7. The minimum Gasteiger partial charge on any atom is -0.490 e. The zero-order valence-electron chi connectivity index (χ0n) is 18.8. The molecule has 2 aliphatic heterocycles. The molecule has 2 fully saturated rings. The summed E-state index contributed by atoms with van der Waals surface area (Å²) in [5, 5.41) is 0.590. The van der Waals surface area contributed by atoms with Crippen LogP contribution in [-0.4, -0.2) is 72.8 Å². The molecule has 0 spiro atoms. The highest BCUT2D eigenvalue weighted by atomic mass is 35.5. The highest BCUT2D eigenvalue weighted by Crippen LogP contribution is 2.29. The largest absolute Gasteiger partial charge is 0.490 e. The fraction of sp³-hybridized carbons (Fsp3) is 0.652. The maximum absolute atomic E-state index is 13.0. The Morgan fingerprint density at radius 1 is 1.12 bits per heavy atom. The molecular formula is C23H30ClF3N2O4. The number of morpholine rings is 1. The molecule has 10 heteroatoms. The maximum atomic E-state index is 13.0. The van der Waals surface area contributed by atoms with Crippen LogP contribution in [0.15, 0.2) is 18.2 Å². The third-order valence-corrected chi connectivity index (χ3v) is 6.46. The normalized spacial score (nSPS) is 21.7. The van der Waals surface area contributed by atoms with Crippen LogP contribution < -0.4 is 4.74 Å². The standard InChI is InChI=1S/C23H30ClF3N2O4/c1-17-13-18(5-6-19(17)24)32-16-22(14-21(31)28-9-3-2-4-10-28)15-29(11-12-33-22)20(30)7-8-23(25,26)27/h5-6,13H,2-4,7-12,14-16H2,1H3. The molecule has 2 heterocycles. The summed E-state index contributed by atoms with van der Waals surface area (Å²) in [6.07, 6.45) is -3.28. The zero-order valence-corrected chi connectivity index (χ0v) is 19.5. The van der Waals surface area contributed by atoms with E-state index in [1.165, 1.54) is 4.90 Å². The van der Waals surface area contributed by atoms with Crippen LogP contribution in [-0.2, 0) is 14.3 Å². The van der Waals surface area contributed by atoms with Gasteiger partial charge in [0.2, 0.25) is 11.8 Å². The smallest absolute Gasteiger partial charge is 0.389 e.